The lowest BCUT2D eigenvalue weighted by atomic mass is 9.97. The van der Waals surface area contributed by atoms with Gasteiger partial charge in [-0.3, -0.25) is 0 Å². The van der Waals surface area contributed by atoms with Gasteiger partial charge in [0.05, 0.1) is 5.56 Å². The van der Waals surface area contributed by atoms with E-state index < -0.39 is 5.97 Å². The molecule has 2 N–H and O–H groups in total. The summed E-state index contributed by atoms with van der Waals surface area (Å²) >= 11 is 0. The molecule has 110 valence electrons. The molecule has 0 unspecified atom stereocenters. The highest BCUT2D eigenvalue weighted by Gasteiger charge is 2.17. The average molecular weight is 276 g/mol. The lowest BCUT2D eigenvalue weighted by Gasteiger charge is -2.31. The molecule has 1 heterocycles. The summed E-state index contributed by atoms with van der Waals surface area (Å²) < 4.78 is 0. The van der Waals surface area contributed by atoms with Gasteiger partial charge in [0.15, 0.2) is 0 Å². The third-order valence-electron chi connectivity index (χ3n) is 4.09. The normalized spacial score (nSPS) is 17.2. The molecular formula is C16H24N2O2. The summed E-state index contributed by atoms with van der Waals surface area (Å²) in [5, 5.41) is 12.4. The molecule has 0 atom stereocenters. The summed E-state index contributed by atoms with van der Waals surface area (Å²) in [6, 6.07) is 7.15. The fourth-order valence-electron chi connectivity index (χ4n) is 2.74. The van der Waals surface area contributed by atoms with Crippen molar-refractivity contribution in [2.75, 3.05) is 26.2 Å². The molecule has 2 rings (SSSR count). The van der Waals surface area contributed by atoms with Gasteiger partial charge in [0.2, 0.25) is 0 Å². The van der Waals surface area contributed by atoms with Crippen LogP contribution >= 0.6 is 0 Å². The van der Waals surface area contributed by atoms with Crippen molar-refractivity contribution in [3.8, 4) is 0 Å². The van der Waals surface area contributed by atoms with E-state index in [0.717, 1.165) is 31.1 Å². The van der Waals surface area contributed by atoms with Crippen LogP contribution in [-0.4, -0.2) is 42.2 Å². The van der Waals surface area contributed by atoms with Crippen molar-refractivity contribution in [1.29, 1.82) is 0 Å². The molecular weight excluding hydrogens is 252 g/mol. The number of carbonyl (C=O) groups is 1. The number of carboxylic acid groups (broad SMARTS) is 1. The first kappa shape index (κ1) is 15.0. The summed E-state index contributed by atoms with van der Waals surface area (Å²) in [7, 11) is 0. The van der Waals surface area contributed by atoms with Crippen LogP contribution in [0.2, 0.25) is 0 Å². The summed E-state index contributed by atoms with van der Waals surface area (Å²) in [5.41, 5.74) is 1.40. The topological polar surface area (TPSA) is 52.6 Å². The van der Waals surface area contributed by atoms with E-state index in [0.29, 0.717) is 5.56 Å². The Labute approximate surface area is 120 Å². The first-order chi connectivity index (χ1) is 9.69. The fraction of sp³-hybridized carbons (Fsp3) is 0.562. The highest BCUT2D eigenvalue weighted by molar-refractivity contribution is 5.87. The number of rotatable bonds is 6. The zero-order chi connectivity index (χ0) is 14.4. The molecule has 0 amide bonds. The number of piperidine rings is 1. The van der Waals surface area contributed by atoms with Gasteiger partial charge in [-0.15, -0.1) is 0 Å². The Balaban J connectivity index is 1.73. The van der Waals surface area contributed by atoms with Crippen molar-refractivity contribution >= 4 is 5.97 Å². The minimum Gasteiger partial charge on any atom is -0.478 e. The Morgan fingerprint density at radius 1 is 1.40 bits per heavy atom. The minimum absolute atomic E-state index is 0.362. The van der Waals surface area contributed by atoms with Gasteiger partial charge < -0.3 is 15.3 Å². The second-order valence-electron chi connectivity index (χ2n) is 5.51. The molecule has 1 saturated heterocycles. The Hall–Kier alpha value is -1.39. The van der Waals surface area contributed by atoms with Gasteiger partial charge in [-0.25, -0.2) is 4.79 Å². The molecule has 0 radical (unpaired) electrons. The van der Waals surface area contributed by atoms with E-state index in [9.17, 15) is 4.79 Å². The fourth-order valence-corrected chi connectivity index (χ4v) is 2.74. The molecule has 4 heteroatoms. The summed E-state index contributed by atoms with van der Waals surface area (Å²) in [6.45, 7) is 7.55. The lowest BCUT2D eigenvalue weighted by Crippen LogP contribution is -2.36. The van der Waals surface area contributed by atoms with Crippen LogP contribution in [0.4, 0.5) is 0 Å². The van der Waals surface area contributed by atoms with E-state index in [1.807, 2.05) is 6.07 Å². The first-order valence-electron chi connectivity index (χ1n) is 7.44. The van der Waals surface area contributed by atoms with Crippen LogP contribution < -0.4 is 5.32 Å². The van der Waals surface area contributed by atoms with Crippen LogP contribution in [0.15, 0.2) is 24.3 Å². The molecule has 0 bridgehead atoms. The van der Waals surface area contributed by atoms with Crippen molar-refractivity contribution in [3.63, 3.8) is 0 Å². The van der Waals surface area contributed by atoms with Crippen LogP contribution in [0, 0.1) is 5.92 Å². The molecule has 0 saturated carbocycles. The SMILES string of the molecule is CCN1CCC(CNCc2cccc(C(=O)O)c2)CC1. The van der Waals surface area contributed by atoms with Crippen molar-refractivity contribution < 1.29 is 9.90 Å². The molecule has 4 nitrogen and oxygen atoms in total. The number of nitrogens with one attached hydrogen (secondary N) is 1. The molecule has 20 heavy (non-hydrogen) atoms. The third kappa shape index (κ3) is 4.32. The molecule has 1 aliphatic heterocycles. The van der Waals surface area contributed by atoms with Gasteiger partial charge in [-0.05, 0) is 62.6 Å². The van der Waals surface area contributed by atoms with Crippen molar-refractivity contribution in [3.05, 3.63) is 35.4 Å². The van der Waals surface area contributed by atoms with E-state index in [-0.39, 0.29) is 0 Å². The standard InChI is InChI=1S/C16H24N2O2/c1-2-18-8-6-13(7-9-18)11-17-12-14-4-3-5-15(10-14)16(19)20/h3-5,10,13,17H,2,6-9,11-12H2,1H3,(H,19,20). The highest BCUT2D eigenvalue weighted by Crippen LogP contribution is 2.16. The second-order valence-corrected chi connectivity index (χ2v) is 5.51. The largest absolute Gasteiger partial charge is 0.478 e. The number of aromatic carboxylic acids is 1. The molecule has 1 aromatic carbocycles. The van der Waals surface area contributed by atoms with Gasteiger partial charge >= 0.3 is 5.97 Å². The van der Waals surface area contributed by atoms with Crippen LogP contribution in [0.25, 0.3) is 0 Å². The average Bonchev–Trinajstić information content (AvgIpc) is 2.48. The summed E-state index contributed by atoms with van der Waals surface area (Å²) in [5.74, 6) is -0.112. The van der Waals surface area contributed by atoms with Crippen molar-refractivity contribution in [1.82, 2.24) is 10.2 Å². The zero-order valence-electron chi connectivity index (χ0n) is 12.1. The molecule has 0 spiro atoms. The predicted octanol–water partition coefficient (Wildman–Crippen LogP) is 2.21. The van der Waals surface area contributed by atoms with Crippen molar-refractivity contribution in [2.45, 2.75) is 26.3 Å². The van der Waals surface area contributed by atoms with Gasteiger partial charge in [0.1, 0.15) is 0 Å². The maximum absolute atomic E-state index is 10.9. The van der Waals surface area contributed by atoms with E-state index >= 15 is 0 Å². The van der Waals surface area contributed by atoms with E-state index in [1.54, 1.807) is 18.2 Å². The summed E-state index contributed by atoms with van der Waals surface area (Å²) in [6.07, 6.45) is 2.52. The van der Waals surface area contributed by atoms with Gasteiger partial charge in [-0.1, -0.05) is 19.1 Å². The maximum atomic E-state index is 10.9. The molecule has 1 aromatic rings. The van der Waals surface area contributed by atoms with E-state index in [4.69, 9.17) is 5.11 Å². The first-order valence-corrected chi connectivity index (χ1v) is 7.44. The second kappa shape index (κ2) is 7.41. The molecule has 1 fully saturated rings. The number of likely N-dealkylation sites (tertiary alicyclic amines) is 1. The maximum Gasteiger partial charge on any atom is 0.335 e. The molecule has 0 aliphatic carbocycles. The number of hydrogen-bond donors (Lipinski definition) is 2. The van der Waals surface area contributed by atoms with Gasteiger partial charge in [-0.2, -0.15) is 0 Å². The Morgan fingerprint density at radius 3 is 2.80 bits per heavy atom. The molecule has 0 aromatic heterocycles. The third-order valence-corrected chi connectivity index (χ3v) is 4.09. The summed E-state index contributed by atoms with van der Waals surface area (Å²) in [4.78, 5) is 13.4. The van der Waals surface area contributed by atoms with Gasteiger partial charge in [0, 0.05) is 6.54 Å². The van der Waals surface area contributed by atoms with Crippen LogP contribution in [-0.2, 0) is 6.54 Å². The van der Waals surface area contributed by atoms with Crippen LogP contribution in [0.1, 0.15) is 35.7 Å². The molecule has 1 aliphatic rings. The number of benzene rings is 1. The van der Waals surface area contributed by atoms with Crippen molar-refractivity contribution in [2.24, 2.45) is 5.92 Å². The smallest absolute Gasteiger partial charge is 0.335 e. The Morgan fingerprint density at radius 2 is 2.15 bits per heavy atom. The number of nitrogens with zero attached hydrogens (tertiary/aromatic N) is 1. The predicted molar refractivity (Wildman–Crippen MR) is 79.9 cm³/mol. The van der Waals surface area contributed by atoms with E-state index in [1.165, 1.54) is 25.9 Å². The van der Waals surface area contributed by atoms with Gasteiger partial charge in [0.25, 0.3) is 0 Å². The highest BCUT2D eigenvalue weighted by atomic mass is 16.4. The Bertz CT molecular complexity index is 440. The zero-order valence-corrected chi connectivity index (χ0v) is 12.1. The van der Waals surface area contributed by atoms with Crippen LogP contribution in [0.5, 0.6) is 0 Å². The quantitative estimate of drug-likeness (QED) is 0.836. The Kier molecular flexibility index (Phi) is 5.56. The number of hydrogen-bond acceptors (Lipinski definition) is 3. The monoisotopic (exact) mass is 276 g/mol. The number of carboxylic acids is 1. The van der Waals surface area contributed by atoms with E-state index in [2.05, 4.69) is 17.1 Å². The lowest BCUT2D eigenvalue weighted by molar-refractivity contribution is 0.0696. The van der Waals surface area contributed by atoms with Crippen LogP contribution in [0.3, 0.4) is 0 Å². The minimum atomic E-state index is -0.862.